The van der Waals surface area contributed by atoms with E-state index < -0.39 is 4.92 Å². The lowest BCUT2D eigenvalue weighted by Crippen LogP contribution is -3.10. The van der Waals surface area contributed by atoms with E-state index in [9.17, 15) is 14.9 Å². The Morgan fingerprint density at radius 3 is 2.68 bits per heavy atom. The molecule has 0 radical (unpaired) electrons. The van der Waals surface area contributed by atoms with E-state index in [1.54, 1.807) is 30.6 Å². The number of aryl methyl sites for hydroxylation is 1. The molecule has 1 amide bonds. The highest BCUT2D eigenvalue weighted by Crippen LogP contribution is 2.30. The van der Waals surface area contributed by atoms with Crippen molar-refractivity contribution >= 4 is 28.6 Å². The minimum Gasteiger partial charge on any atom is -0.463 e. The van der Waals surface area contributed by atoms with Gasteiger partial charge in [0.2, 0.25) is 0 Å². The van der Waals surface area contributed by atoms with Crippen molar-refractivity contribution in [2.45, 2.75) is 26.9 Å². The third-order valence-corrected chi connectivity index (χ3v) is 5.47. The fourth-order valence-corrected chi connectivity index (χ4v) is 3.81. The molecule has 0 aliphatic heterocycles. The number of benzene rings is 1. The summed E-state index contributed by atoms with van der Waals surface area (Å²) in [6, 6.07) is 10.8. The highest BCUT2D eigenvalue weighted by molar-refractivity contribution is 7.09. The Hall–Kier alpha value is -2.97. The van der Waals surface area contributed by atoms with Gasteiger partial charge in [-0.15, -0.1) is 11.3 Å². The van der Waals surface area contributed by atoms with Crippen LogP contribution < -0.4 is 10.2 Å². The topological polar surface area (TPSA) is 89.8 Å². The molecule has 8 heteroatoms. The molecule has 3 rings (SSSR count). The van der Waals surface area contributed by atoms with Crippen molar-refractivity contribution < 1.29 is 19.0 Å². The third-order valence-electron chi connectivity index (χ3n) is 4.59. The fourth-order valence-electron chi connectivity index (χ4n) is 3.03. The summed E-state index contributed by atoms with van der Waals surface area (Å²) in [4.78, 5) is 25.8. The quantitative estimate of drug-likeness (QED) is 0.449. The second kappa shape index (κ2) is 8.81. The van der Waals surface area contributed by atoms with Gasteiger partial charge in [0.15, 0.2) is 12.3 Å². The first kappa shape index (κ1) is 19.8. The first-order valence-corrected chi connectivity index (χ1v) is 9.74. The van der Waals surface area contributed by atoms with E-state index in [4.69, 9.17) is 4.42 Å². The van der Waals surface area contributed by atoms with Gasteiger partial charge in [-0.25, -0.2) is 0 Å². The summed E-state index contributed by atoms with van der Waals surface area (Å²) in [7, 11) is 0. The largest absolute Gasteiger partial charge is 0.463 e. The Morgan fingerprint density at radius 2 is 2.04 bits per heavy atom. The van der Waals surface area contributed by atoms with Crippen molar-refractivity contribution in [3.05, 3.63) is 79.9 Å². The number of nitrogens with one attached hydrogen (secondary N) is 2. The lowest BCUT2D eigenvalue weighted by Gasteiger charge is -2.18. The number of nitro benzene ring substituents is 1. The molecule has 3 aromatic rings. The molecule has 2 aromatic heterocycles. The monoisotopic (exact) mass is 400 g/mol. The number of thiophene rings is 1. The molecule has 0 fully saturated rings. The van der Waals surface area contributed by atoms with Gasteiger partial charge in [-0.3, -0.25) is 14.9 Å². The molecule has 1 unspecified atom stereocenters. The lowest BCUT2D eigenvalue weighted by atomic mass is 10.1. The summed E-state index contributed by atoms with van der Waals surface area (Å²) in [5.74, 6) is 0.520. The number of carbonyl (C=O) groups is 1. The summed E-state index contributed by atoms with van der Waals surface area (Å²) in [6.07, 6.45) is 1.61. The van der Waals surface area contributed by atoms with E-state index in [1.165, 1.54) is 6.07 Å². The van der Waals surface area contributed by atoms with Crippen LogP contribution in [0.5, 0.6) is 0 Å². The fraction of sp³-hybridized carbons (Fsp3) is 0.250. The number of hydrogen-bond donors (Lipinski definition) is 2. The molecule has 146 valence electrons. The number of nitrogens with zero attached hydrogens (tertiary/aromatic N) is 1. The molecule has 0 spiro atoms. The number of anilines is 1. The molecule has 2 heterocycles. The van der Waals surface area contributed by atoms with Crippen LogP contribution in [0.25, 0.3) is 0 Å². The van der Waals surface area contributed by atoms with Crippen LogP contribution >= 0.6 is 11.3 Å². The van der Waals surface area contributed by atoms with E-state index in [0.29, 0.717) is 18.7 Å². The number of hydrogen-bond acceptors (Lipinski definition) is 5. The van der Waals surface area contributed by atoms with Gasteiger partial charge >= 0.3 is 0 Å². The number of nitro groups is 1. The van der Waals surface area contributed by atoms with Crippen molar-refractivity contribution in [1.82, 2.24) is 0 Å². The first-order chi connectivity index (χ1) is 13.4. The molecule has 0 aliphatic carbocycles. The van der Waals surface area contributed by atoms with E-state index in [0.717, 1.165) is 21.1 Å². The smallest absolute Gasteiger partial charge is 0.293 e. The maximum Gasteiger partial charge on any atom is 0.293 e. The summed E-state index contributed by atoms with van der Waals surface area (Å²) in [5.41, 5.74) is 1.76. The van der Waals surface area contributed by atoms with Crippen molar-refractivity contribution in [3.63, 3.8) is 0 Å². The molecule has 1 aromatic carbocycles. The predicted molar refractivity (Wildman–Crippen MR) is 107 cm³/mol. The lowest BCUT2D eigenvalue weighted by molar-refractivity contribution is -0.920. The van der Waals surface area contributed by atoms with Gasteiger partial charge in [0.1, 0.15) is 18.8 Å². The number of carbonyl (C=O) groups excluding carboxylic acids is 1. The van der Waals surface area contributed by atoms with Gasteiger partial charge in [0, 0.05) is 6.07 Å². The van der Waals surface area contributed by atoms with Gasteiger partial charge in [-0.2, -0.15) is 0 Å². The molecule has 28 heavy (non-hydrogen) atoms. The summed E-state index contributed by atoms with van der Waals surface area (Å²) >= 11 is 1.63. The van der Waals surface area contributed by atoms with Gasteiger partial charge in [-0.1, -0.05) is 12.1 Å². The third kappa shape index (κ3) is 4.85. The van der Waals surface area contributed by atoms with E-state index in [2.05, 4.69) is 5.32 Å². The normalized spacial score (nSPS) is 11.9. The second-order valence-electron chi connectivity index (χ2n) is 6.65. The maximum atomic E-state index is 12.7. The highest BCUT2D eigenvalue weighted by Gasteiger charge is 2.23. The van der Waals surface area contributed by atoms with Gasteiger partial charge in [-0.05, 0) is 48.6 Å². The van der Waals surface area contributed by atoms with Crippen LogP contribution in [0.3, 0.4) is 0 Å². The van der Waals surface area contributed by atoms with Crippen LogP contribution in [0.4, 0.5) is 11.4 Å². The first-order valence-electron chi connectivity index (χ1n) is 8.87. The zero-order valence-electron chi connectivity index (χ0n) is 15.7. The van der Waals surface area contributed by atoms with Crippen LogP contribution in [0.1, 0.15) is 21.8 Å². The molecule has 2 N–H and O–H groups in total. The Labute approximate surface area is 166 Å². The predicted octanol–water partition coefficient (Wildman–Crippen LogP) is 3.09. The van der Waals surface area contributed by atoms with Crippen LogP contribution in [0, 0.1) is 24.0 Å². The Balaban J connectivity index is 1.76. The molecule has 7 nitrogen and oxygen atoms in total. The second-order valence-corrected chi connectivity index (χ2v) is 7.68. The molecule has 0 bridgehead atoms. The van der Waals surface area contributed by atoms with Crippen molar-refractivity contribution in [2.24, 2.45) is 0 Å². The summed E-state index contributed by atoms with van der Waals surface area (Å²) < 4.78 is 5.43. The van der Waals surface area contributed by atoms with E-state index in [-0.39, 0.29) is 23.8 Å². The standard InChI is InChI=1S/C20H21N3O4S/c1-14-7-8-18(23(25)26)20(15(14)2)21-19(24)13-22(11-16-5-3-9-27-16)12-17-6-4-10-28-17/h3-10H,11-13H2,1-2H3,(H,21,24)/p+1. The van der Waals surface area contributed by atoms with Gasteiger partial charge in [0.25, 0.3) is 11.6 Å². The van der Waals surface area contributed by atoms with Gasteiger partial charge in [0.05, 0.1) is 16.1 Å². The number of furan rings is 1. The number of quaternary nitrogens is 1. The maximum absolute atomic E-state index is 12.7. The molecule has 0 saturated heterocycles. The SMILES string of the molecule is Cc1ccc([N+](=O)[O-])c(NC(=O)C[NH+](Cc2ccco2)Cc2cccs2)c1C. The van der Waals surface area contributed by atoms with Crippen molar-refractivity contribution in [1.29, 1.82) is 0 Å². The average Bonchev–Trinajstić information content (AvgIpc) is 3.33. The summed E-state index contributed by atoms with van der Waals surface area (Å²) in [5, 5.41) is 16.1. The van der Waals surface area contributed by atoms with Crippen LogP contribution in [-0.2, 0) is 17.9 Å². The zero-order valence-corrected chi connectivity index (χ0v) is 16.5. The van der Waals surface area contributed by atoms with E-state index >= 15 is 0 Å². The number of amides is 1. The van der Waals surface area contributed by atoms with E-state index in [1.807, 2.05) is 36.6 Å². The molecular formula is C20H22N3O4S+. The van der Waals surface area contributed by atoms with Crippen molar-refractivity contribution in [2.75, 3.05) is 11.9 Å². The Bertz CT molecular complexity index is 916. The minimum atomic E-state index is -0.471. The molecular weight excluding hydrogens is 378 g/mol. The van der Waals surface area contributed by atoms with Crippen LogP contribution in [0.2, 0.25) is 0 Å². The van der Waals surface area contributed by atoms with Gasteiger partial charge < -0.3 is 14.6 Å². The Kier molecular flexibility index (Phi) is 6.23. The zero-order chi connectivity index (χ0) is 20.1. The average molecular weight is 400 g/mol. The number of rotatable bonds is 8. The molecule has 1 atom stereocenters. The molecule has 0 aliphatic rings. The summed E-state index contributed by atoms with van der Waals surface area (Å²) in [6.45, 7) is 5.02. The minimum absolute atomic E-state index is 0.0951. The highest BCUT2D eigenvalue weighted by atomic mass is 32.1. The Morgan fingerprint density at radius 1 is 1.21 bits per heavy atom. The van der Waals surface area contributed by atoms with Crippen molar-refractivity contribution in [3.8, 4) is 0 Å². The van der Waals surface area contributed by atoms with Crippen LogP contribution in [-0.4, -0.2) is 17.4 Å². The van der Waals surface area contributed by atoms with Crippen LogP contribution in [0.15, 0.2) is 52.5 Å². The molecule has 0 saturated carbocycles.